The summed E-state index contributed by atoms with van der Waals surface area (Å²) in [5, 5.41) is 6.69. The van der Waals surface area contributed by atoms with Crippen molar-refractivity contribution in [1.29, 1.82) is 0 Å². The number of rotatable bonds is 8. The number of ether oxygens (including phenoxy) is 4. The summed E-state index contributed by atoms with van der Waals surface area (Å²) in [6, 6.07) is 20.0. The maximum absolute atomic E-state index is 12.3. The number of amides is 1. The fourth-order valence-corrected chi connectivity index (χ4v) is 3.80. The quantitative estimate of drug-likeness (QED) is 0.321. The number of pyridine rings is 1. The predicted molar refractivity (Wildman–Crippen MR) is 142 cm³/mol. The fourth-order valence-electron chi connectivity index (χ4n) is 3.57. The van der Waals surface area contributed by atoms with E-state index in [1.165, 1.54) is 0 Å². The monoisotopic (exact) mass is 503 g/mol. The van der Waals surface area contributed by atoms with Crippen LogP contribution in [0.2, 0.25) is 0 Å². The van der Waals surface area contributed by atoms with Crippen LogP contribution in [0.3, 0.4) is 0 Å². The molecule has 0 fully saturated rings. The van der Waals surface area contributed by atoms with Gasteiger partial charge >= 0.3 is 0 Å². The van der Waals surface area contributed by atoms with Gasteiger partial charge in [-0.15, -0.1) is 0 Å². The Morgan fingerprint density at radius 1 is 0.861 bits per heavy atom. The Balaban J connectivity index is 1.38. The van der Waals surface area contributed by atoms with Crippen molar-refractivity contribution in [3.63, 3.8) is 0 Å². The molecule has 0 atom stereocenters. The molecule has 0 radical (unpaired) electrons. The lowest BCUT2D eigenvalue weighted by Crippen LogP contribution is -2.35. The first-order valence-corrected chi connectivity index (χ1v) is 11.4. The predicted octanol–water partition coefficient (Wildman–Crippen LogP) is 5.11. The number of fused-ring (bicyclic) bond motifs is 1. The van der Waals surface area contributed by atoms with Gasteiger partial charge in [0.2, 0.25) is 5.91 Å². The molecule has 0 spiro atoms. The Bertz CT molecular complexity index is 1390. The lowest BCUT2D eigenvalue weighted by Gasteiger charge is -2.13. The first kappa shape index (κ1) is 24.7. The van der Waals surface area contributed by atoms with Crippen LogP contribution in [0.4, 0.5) is 5.69 Å². The van der Waals surface area contributed by atoms with Gasteiger partial charge in [0.25, 0.3) is 0 Å². The van der Waals surface area contributed by atoms with E-state index in [1.54, 1.807) is 51.8 Å². The number of anilines is 1. The molecule has 1 aromatic heterocycles. The number of benzene rings is 3. The molecule has 1 amide bonds. The Morgan fingerprint density at radius 3 is 2.33 bits per heavy atom. The average Bonchev–Trinajstić information content (AvgIpc) is 2.89. The second-order valence-corrected chi connectivity index (χ2v) is 8.10. The third kappa shape index (κ3) is 6.00. The number of hydrogen-bond donors (Lipinski definition) is 2. The van der Waals surface area contributed by atoms with Crippen LogP contribution in [0.15, 0.2) is 72.9 Å². The van der Waals surface area contributed by atoms with Crippen molar-refractivity contribution in [2.45, 2.75) is 6.42 Å². The standard InChI is InChI=1S/C27H25N3O5S/c1-32-20-6-4-5-17(13-20)14-26(31)30-27(36)29-18-7-9-19(10-8-18)35-23-11-12-28-22-16-25(34-3)24(33-2)15-21(22)23/h4-13,15-16H,14H2,1-3H3,(H2,29,30,31,36). The van der Waals surface area contributed by atoms with Crippen LogP contribution in [0.5, 0.6) is 28.7 Å². The highest BCUT2D eigenvalue weighted by molar-refractivity contribution is 7.80. The highest BCUT2D eigenvalue weighted by Crippen LogP contribution is 2.37. The molecule has 0 saturated heterocycles. The van der Waals surface area contributed by atoms with Crippen molar-refractivity contribution >= 4 is 39.8 Å². The van der Waals surface area contributed by atoms with Gasteiger partial charge in [-0.1, -0.05) is 12.1 Å². The van der Waals surface area contributed by atoms with Crippen molar-refractivity contribution in [1.82, 2.24) is 10.3 Å². The van der Waals surface area contributed by atoms with Crippen molar-refractivity contribution in [3.05, 3.63) is 78.5 Å². The summed E-state index contributed by atoms with van der Waals surface area (Å²) in [4.78, 5) is 16.7. The summed E-state index contributed by atoms with van der Waals surface area (Å²) in [6.45, 7) is 0. The van der Waals surface area contributed by atoms with Gasteiger partial charge in [-0.3, -0.25) is 9.78 Å². The molecule has 184 valence electrons. The number of hydrogen-bond acceptors (Lipinski definition) is 7. The minimum Gasteiger partial charge on any atom is -0.497 e. The maximum atomic E-state index is 12.3. The van der Waals surface area contributed by atoms with Crippen molar-refractivity contribution in [2.24, 2.45) is 0 Å². The molecule has 0 unspecified atom stereocenters. The SMILES string of the molecule is COc1cccc(CC(=O)NC(=S)Nc2ccc(Oc3ccnc4cc(OC)c(OC)cc34)cc2)c1. The Hall–Kier alpha value is -4.37. The summed E-state index contributed by atoms with van der Waals surface area (Å²) in [5.41, 5.74) is 2.26. The van der Waals surface area contributed by atoms with Crippen molar-refractivity contribution in [2.75, 3.05) is 26.6 Å². The van der Waals surface area contributed by atoms with E-state index >= 15 is 0 Å². The van der Waals surface area contributed by atoms with E-state index in [4.69, 9.17) is 31.2 Å². The zero-order chi connectivity index (χ0) is 25.5. The third-order valence-corrected chi connectivity index (χ3v) is 5.50. The second-order valence-electron chi connectivity index (χ2n) is 7.69. The van der Waals surface area contributed by atoms with E-state index in [0.717, 1.165) is 16.5 Å². The zero-order valence-corrected chi connectivity index (χ0v) is 20.8. The van der Waals surface area contributed by atoms with E-state index in [1.807, 2.05) is 42.5 Å². The van der Waals surface area contributed by atoms with E-state index in [9.17, 15) is 4.79 Å². The summed E-state index contributed by atoms with van der Waals surface area (Å²) in [5.74, 6) is 2.90. The molecule has 0 bridgehead atoms. The number of nitrogens with one attached hydrogen (secondary N) is 2. The van der Waals surface area contributed by atoms with Crippen LogP contribution < -0.4 is 29.6 Å². The van der Waals surface area contributed by atoms with E-state index < -0.39 is 0 Å². The van der Waals surface area contributed by atoms with Crippen LogP contribution in [0, 0.1) is 0 Å². The van der Waals surface area contributed by atoms with E-state index in [0.29, 0.717) is 34.4 Å². The first-order chi connectivity index (χ1) is 17.5. The third-order valence-electron chi connectivity index (χ3n) is 5.30. The van der Waals surface area contributed by atoms with Gasteiger partial charge in [-0.25, -0.2) is 0 Å². The summed E-state index contributed by atoms with van der Waals surface area (Å²) in [7, 11) is 4.75. The van der Waals surface area contributed by atoms with Gasteiger partial charge in [-0.2, -0.15) is 0 Å². The minimum absolute atomic E-state index is 0.183. The van der Waals surface area contributed by atoms with Crippen LogP contribution in [-0.4, -0.2) is 37.3 Å². The molecular weight excluding hydrogens is 478 g/mol. The van der Waals surface area contributed by atoms with Crippen molar-refractivity contribution < 1.29 is 23.7 Å². The second kappa shape index (κ2) is 11.4. The zero-order valence-electron chi connectivity index (χ0n) is 20.0. The number of methoxy groups -OCH3 is 3. The molecule has 8 nitrogen and oxygen atoms in total. The number of carbonyl (C=O) groups excluding carboxylic acids is 1. The number of carbonyl (C=O) groups is 1. The van der Waals surface area contributed by atoms with Gasteiger partial charge in [0.05, 0.1) is 33.3 Å². The molecular formula is C27H25N3O5S. The molecule has 9 heteroatoms. The molecule has 3 aromatic carbocycles. The molecule has 4 aromatic rings. The van der Waals surface area contributed by atoms with Gasteiger partial charge < -0.3 is 29.6 Å². The largest absolute Gasteiger partial charge is 0.497 e. The summed E-state index contributed by atoms with van der Waals surface area (Å²) < 4.78 is 22.1. The Morgan fingerprint density at radius 2 is 1.61 bits per heavy atom. The molecule has 0 saturated carbocycles. The minimum atomic E-state index is -0.225. The Labute approximate surface area is 214 Å². The topological polar surface area (TPSA) is 90.9 Å². The van der Waals surface area contributed by atoms with E-state index in [-0.39, 0.29) is 17.4 Å². The van der Waals surface area contributed by atoms with Crippen LogP contribution in [-0.2, 0) is 11.2 Å². The van der Waals surface area contributed by atoms with Gasteiger partial charge in [0.1, 0.15) is 17.2 Å². The highest BCUT2D eigenvalue weighted by Gasteiger charge is 2.12. The lowest BCUT2D eigenvalue weighted by molar-refractivity contribution is -0.119. The molecule has 36 heavy (non-hydrogen) atoms. The van der Waals surface area contributed by atoms with Crippen molar-refractivity contribution in [3.8, 4) is 28.7 Å². The number of thiocarbonyl (C=S) groups is 1. The molecule has 0 aliphatic carbocycles. The molecule has 0 aliphatic heterocycles. The summed E-state index contributed by atoms with van der Waals surface area (Å²) in [6.07, 6.45) is 1.86. The van der Waals surface area contributed by atoms with Gasteiger partial charge in [0.15, 0.2) is 16.6 Å². The molecule has 0 aliphatic rings. The Kier molecular flexibility index (Phi) is 7.82. The first-order valence-electron chi connectivity index (χ1n) is 11.0. The van der Waals surface area contributed by atoms with Crippen LogP contribution in [0.1, 0.15) is 5.56 Å². The fraction of sp³-hybridized carbons (Fsp3) is 0.148. The number of aromatic nitrogens is 1. The molecule has 2 N–H and O–H groups in total. The molecule has 1 heterocycles. The number of nitrogens with zero attached hydrogens (tertiary/aromatic N) is 1. The van der Waals surface area contributed by atoms with Crippen LogP contribution in [0.25, 0.3) is 10.9 Å². The van der Waals surface area contributed by atoms with Crippen LogP contribution >= 0.6 is 12.2 Å². The van der Waals surface area contributed by atoms with E-state index in [2.05, 4.69) is 15.6 Å². The molecule has 4 rings (SSSR count). The van der Waals surface area contributed by atoms with Gasteiger partial charge in [-0.05, 0) is 66.3 Å². The normalized spacial score (nSPS) is 10.4. The lowest BCUT2D eigenvalue weighted by atomic mass is 10.1. The highest BCUT2D eigenvalue weighted by atomic mass is 32.1. The summed E-state index contributed by atoms with van der Waals surface area (Å²) >= 11 is 5.28. The average molecular weight is 504 g/mol. The smallest absolute Gasteiger partial charge is 0.230 e. The van der Waals surface area contributed by atoms with Gasteiger partial charge in [0, 0.05) is 23.3 Å². The maximum Gasteiger partial charge on any atom is 0.230 e.